The van der Waals surface area contributed by atoms with Crippen molar-refractivity contribution in [1.82, 2.24) is 5.32 Å². The Hall–Kier alpha value is -0.120. The highest BCUT2D eigenvalue weighted by atomic mass is 16.5. The first-order valence-electron chi connectivity index (χ1n) is 6.94. The summed E-state index contributed by atoms with van der Waals surface area (Å²) in [5.41, 5.74) is 0.556. The van der Waals surface area contributed by atoms with E-state index in [1.54, 1.807) is 7.11 Å². The van der Waals surface area contributed by atoms with Gasteiger partial charge in [0.2, 0.25) is 0 Å². The van der Waals surface area contributed by atoms with Crippen molar-refractivity contribution in [3.8, 4) is 0 Å². The van der Waals surface area contributed by atoms with Gasteiger partial charge in [-0.1, -0.05) is 13.8 Å². The molecule has 0 aliphatic heterocycles. The molecule has 1 rings (SSSR count). The Balaban J connectivity index is 1.85. The van der Waals surface area contributed by atoms with Crippen molar-refractivity contribution in [3.63, 3.8) is 0 Å². The first-order valence-corrected chi connectivity index (χ1v) is 6.94. The molecular weight excluding hydrogens is 214 g/mol. The van der Waals surface area contributed by atoms with Crippen LogP contribution in [0.3, 0.4) is 0 Å². The summed E-state index contributed by atoms with van der Waals surface area (Å²) in [4.78, 5) is 0. The maximum absolute atomic E-state index is 5.43. The molecule has 1 atom stereocenters. The molecule has 102 valence electrons. The number of hydrogen-bond acceptors (Lipinski definition) is 3. The Morgan fingerprint density at radius 3 is 2.65 bits per heavy atom. The van der Waals surface area contributed by atoms with Crippen LogP contribution in [-0.2, 0) is 9.47 Å². The Morgan fingerprint density at radius 2 is 2.00 bits per heavy atom. The highest BCUT2D eigenvalue weighted by Gasteiger charge is 2.30. The largest absolute Gasteiger partial charge is 0.382 e. The van der Waals surface area contributed by atoms with E-state index in [2.05, 4.69) is 19.2 Å². The zero-order chi connectivity index (χ0) is 12.6. The first kappa shape index (κ1) is 14.9. The minimum Gasteiger partial charge on any atom is -0.382 e. The van der Waals surface area contributed by atoms with Gasteiger partial charge in [0.15, 0.2) is 0 Å². The number of unbranched alkanes of at least 4 members (excludes halogenated alkanes) is 1. The Labute approximate surface area is 106 Å². The van der Waals surface area contributed by atoms with Crippen molar-refractivity contribution in [3.05, 3.63) is 0 Å². The quantitative estimate of drug-likeness (QED) is 0.631. The van der Waals surface area contributed by atoms with Gasteiger partial charge in [-0.2, -0.15) is 0 Å². The maximum Gasteiger partial charge on any atom is 0.0700 e. The van der Waals surface area contributed by atoms with E-state index in [0.717, 1.165) is 32.2 Å². The highest BCUT2D eigenvalue weighted by Crippen LogP contribution is 2.36. The molecule has 1 N–H and O–H groups in total. The van der Waals surface area contributed by atoms with Gasteiger partial charge >= 0.3 is 0 Å². The van der Waals surface area contributed by atoms with Crippen LogP contribution in [0.4, 0.5) is 0 Å². The van der Waals surface area contributed by atoms with Gasteiger partial charge in [0.1, 0.15) is 0 Å². The first-order chi connectivity index (χ1) is 8.14. The molecule has 0 aromatic carbocycles. The minimum atomic E-state index is 0.556. The molecule has 0 bridgehead atoms. The standard InChI is InChI=1S/C14H29NO2/c1-14(2)7-6-13(12-14)15-8-4-5-9-17-11-10-16-3/h13,15H,4-12H2,1-3H3. The molecule has 0 saturated heterocycles. The third kappa shape index (κ3) is 7.02. The van der Waals surface area contributed by atoms with Crippen LogP contribution < -0.4 is 5.32 Å². The molecular formula is C14H29NO2. The zero-order valence-electron chi connectivity index (χ0n) is 11.8. The topological polar surface area (TPSA) is 30.5 Å². The second kappa shape index (κ2) is 8.06. The van der Waals surface area contributed by atoms with Gasteiger partial charge < -0.3 is 14.8 Å². The van der Waals surface area contributed by atoms with E-state index in [4.69, 9.17) is 9.47 Å². The average Bonchev–Trinajstić information content (AvgIpc) is 2.62. The van der Waals surface area contributed by atoms with Gasteiger partial charge in [0.05, 0.1) is 13.2 Å². The lowest BCUT2D eigenvalue weighted by Crippen LogP contribution is -2.28. The van der Waals surface area contributed by atoms with E-state index < -0.39 is 0 Å². The molecule has 0 aromatic rings. The predicted molar refractivity (Wildman–Crippen MR) is 71.4 cm³/mol. The van der Waals surface area contributed by atoms with Crippen molar-refractivity contribution >= 4 is 0 Å². The molecule has 1 fully saturated rings. The summed E-state index contributed by atoms with van der Waals surface area (Å²) in [5, 5.41) is 3.66. The number of nitrogens with one attached hydrogen (secondary N) is 1. The smallest absolute Gasteiger partial charge is 0.0700 e. The van der Waals surface area contributed by atoms with Crippen LogP contribution in [0.25, 0.3) is 0 Å². The molecule has 3 heteroatoms. The van der Waals surface area contributed by atoms with Gasteiger partial charge in [-0.15, -0.1) is 0 Å². The minimum absolute atomic E-state index is 0.556. The maximum atomic E-state index is 5.43. The van der Waals surface area contributed by atoms with E-state index in [1.165, 1.54) is 25.7 Å². The average molecular weight is 243 g/mol. The second-order valence-corrected chi connectivity index (χ2v) is 5.87. The van der Waals surface area contributed by atoms with Gasteiger partial charge in [-0.25, -0.2) is 0 Å². The van der Waals surface area contributed by atoms with Crippen molar-refractivity contribution in [1.29, 1.82) is 0 Å². The fraction of sp³-hybridized carbons (Fsp3) is 1.00. The van der Waals surface area contributed by atoms with Crippen LogP contribution in [0.15, 0.2) is 0 Å². The Morgan fingerprint density at radius 1 is 1.18 bits per heavy atom. The molecule has 0 heterocycles. The number of rotatable bonds is 9. The zero-order valence-corrected chi connectivity index (χ0v) is 11.8. The normalized spacial score (nSPS) is 23.1. The summed E-state index contributed by atoms with van der Waals surface area (Å²) >= 11 is 0. The van der Waals surface area contributed by atoms with Gasteiger partial charge in [-0.3, -0.25) is 0 Å². The Kier molecular flexibility index (Phi) is 7.09. The molecule has 0 spiro atoms. The highest BCUT2D eigenvalue weighted by molar-refractivity contribution is 4.86. The van der Waals surface area contributed by atoms with Crippen molar-refractivity contribution in [2.45, 2.75) is 52.0 Å². The van der Waals surface area contributed by atoms with E-state index in [0.29, 0.717) is 12.0 Å². The molecule has 1 aliphatic rings. The summed E-state index contributed by atoms with van der Waals surface area (Å²) < 4.78 is 10.3. The van der Waals surface area contributed by atoms with Crippen LogP contribution in [0, 0.1) is 5.41 Å². The fourth-order valence-corrected chi connectivity index (χ4v) is 2.49. The van der Waals surface area contributed by atoms with E-state index in [-0.39, 0.29) is 0 Å². The second-order valence-electron chi connectivity index (χ2n) is 5.87. The van der Waals surface area contributed by atoms with Crippen LogP contribution in [0.2, 0.25) is 0 Å². The number of ether oxygens (including phenoxy) is 2. The molecule has 1 saturated carbocycles. The summed E-state index contributed by atoms with van der Waals surface area (Å²) in [6, 6.07) is 0.749. The van der Waals surface area contributed by atoms with E-state index in [9.17, 15) is 0 Å². The summed E-state index contributed by atoms with van der Waals surface area (Å²) in [6.45, 7) is 8.17. The van der Waals surface area contributed by atoms with Gasteiger partial charge in [0, 0.05) is 19.8 Å². The number of hydrogen-bond donors (Lipinski definition) is 1. The predicted octanol–water partition coefficient (Wildman–Crippen LogP) is 2.60. The summed E-state index contributed by atoms with van der Waals surface area (Å²) in [7, 11) is 1.70. The fourth-order valence-electron chi connectivity index (χ4n) is 2.49. The van der Waals surface area contributed by atoms with Crippen molar-refractivity contribution < 1.29 is 9.47 Å². The van der Waals surface area contributed by atoms with Gasteiger partial charge in [-0.05, 0) is 44.1 Å². The molecule has 0 radical (unpaired) electrons. The van der Waals surface area contributed by atoms with Gasteiger partial charge in [0.25, 0.3) is 0 Å². The molecule has 3 nitrogen and oxygen atoms in total. The number of methoxy groups -OCH3 is 1. The SMILES string of the molecule is COCCOCCCCNC1CCC(C)(C)C1. The lowest BCUT2D eigenvalue weighted by molar-refractivity contribution is 0.0687. The van der Waals surface area contributed by atoms with E-state index in [1.807, 2.05) is 0 Å². The monoisotopic (exact) mass is 243 g/mol. The molecule has 0 amide bonds. The van der Waals surface area contributed by atoms with E-state index >= 15 is 0 Å². The van der Waals surface area contributed by atoms with Crippen LogP contribution in [0.1, 0.15) is 46.0 Å². The van der Waals surface area contributed by atoms with Crippen LogP contribution >= 0.6 is 0 Å². The van der Waals surface area contributed by atoms with Crippen molar-refractivity contribution in [2.75, 3.05) is 33.5 Å². The van der Waals surface area contributed by atoms with Crippen molar-refractivity contribution in [2.24, 2.45) is 5.41 Å². The Bertz CT molecular complexity index is 195. The lowest BCUT2D eigenvalue weighted by Gasteiger charge is -2.17. The van der Waals surface area contributed by atoms with Crippen LogP contribution in [0.5, 0.6) is 0 Å². The van der Waals surface area contributed by atoms with Crippen LogP contribution in [-0.4, -0.2) is 39.5 Å². The molecule has 1 unspecified atom stereocenters. The third-order valence-corrected chi connectivity index (χ3v) is 3.55. The summed E-state index contributed by atoms with van der Waals surface area (Å²) in [5.74, 6) is 0. The molecule has 1 aliphatic carbocycles. The third-order valence-electron chi connectivity index (χ3n) is 3.55. The molecule has 17 heavy (non-hydrogen) atoms. The molecule has 0 aromatic heterocycles. The lowest BCUT2D eigenvalue weighted by atomic mass is 9.92. The summed E-state index contributed by atoms with van der Waals surface area (Å²) in [6.07, 6.45) is 6.40.